The second kappa shape index (κ2) is 8.63. The van der Waals surface area contributed by atoms with Gasteiger partial charge in [-0.3, -0.25) is 9.69 Å². The minimum atomic E-state index is -0.140. The minimum Gasteiger partial charge on any atom is -0.350 e. The van der Waals surface area contributed by atoms with Crippen molar-refractivity contribution in [3.63, 3.8) is 0 Å². The fourth-order valence-corrected chi connectivity index (χ4v) is 2.55. The summed E-state index contributed by atoms with van der Waals surface area (Å²) in [6.45, 7) is 14.6. The lowest BCUT2D eigenvalue weighted by molar-refractivity contribution is -0.125. The van der Waals surface area contributed by atoms with Crippen molar-refractivity contribution in [1.82, 2.24) is 10.2 Å². The first kappa shape index (κ1) is 19.4. The van der Waals surface area contributed by atoms with Crippen LogP contribution in [0.15, 0.2) is 0 Å². The van der Waals surface area contributed by atoms with E-state index in [9.17, 15) is 4.79 Å². The molecule has 0 aliphatic rings. The third kappa shape index (κ3) is 5.41. The van der Waals surface area contributed by atoms with Crippen molar-refractivity contribution in [2.24, 2.45) is 5.73 Å². The Balaban J connectivity index is 4.89. The van der Waals surface area contributed by atoms with Crippen molar-refractivity contribution >= 4 is 5.91 Å². The van der Waals surface area contributed by atoms with Crippen LogP contribution in [0.2, 0.25) is 0 Å². The lowest BCUT2D eigenvalue weighted by Crippen LogP contribution is -2.57. The van der Waals surface area contributed by atoms with Crippen molar-refractivity contribution < 1.29 is 4.79 Å². The van der Waals surface area contributed by atoms with Crippen LogP contribution in [0.25, 0.3) is 0 Å². The monoisotopic (exact) mass is 285 g/mol. The summed E-state index contributed by atoms with van der Waals surface area (Å²) < 4.78 is 0. The van der Waals surface area contributed by atoms with E-state index in [0.717, 1.165) is 32.2 Å². The maximum absolute atomic E-state index is 12.3. The van der Waals surface area contributed by atoms with Gasteiger partial charge in [0.1, 0.15) is 0 Å². The highest BCUT2D eigenvalue weighted by Crippen LogP contribution is 2.23. The molecule has 0 radical (unpaired) electrons. The predicted octanol–water partition coefficient (Wildman–Crippen LogP) is 2.52. The molecule has 120 valence electrons. The van der Waals surface area contributed by atoms with Gasteiger partial charge in [0.15, 0.2) is 0 Å². The largest absolute Gasteiger partial charge is 0.350 e. The van der Waals surface area contributed by atoms with E-state index < -0.39 is 0 Å². The van der Waals surface area contributed by atoms with Crippen molar-refractivity contribution in [3.8, 4) is 0 Å². The first-order chi connectivity index (χ1) is 9.30. The molecule has 0 aromatic rings. The van der Waals surface area contributed by atoms with E-state index >= 15 is 0 Å². The molecule has 0 atom stereocenters. The molecule has 0 aliphatic carbocycles. The average Bonchev–Trinajstić information content (AvgIpc) is 2.41. The zero-order valence-corrected chi connectivity index (χ0v) is 14.4. The molecule has 20 heavy (non-hydrogen) atoms. The Morgan fingerprint density at radius 3 is 2.00 bits per heavy atom. The summed E-state index contributed by atoms with van der Waals surface area (Å²) in [5, 5.41) is 3.12. The van der Waals surface area contributed by atoms with Crippen LogP contribution >= 0.6 is 0 Å². The Kier molecular flexibility index (Phi) is 8.36. The number of nitrogens with one attached hydrogen (secondary N) is 1. The molecule has 0 unspecified atom stereocenters. The molecule has 1 amide bonds. The summed E-state index contributed by atoms with van der Waals surface area (Å²) in [5.41, 5.74) is 5.82. The summed E-state index contributed by atoms with van der Waals surface area (Å²) >= 11 is 0. The molecule has 0 saturated heterocycles. The highest BCUT2D eigenvalue weighted by Gasteiger charge is 2.33. The zero-order valence-electron chi connectivity index (χ0n) is 14.4. The predicted molar refractivity (Wildman–Crippen MR) is 86.7 cm³/mol. The molecule has 0 rings (SSSR count). The molecular weight excluding hydrogens is 250 g/mol. The van der Waals surface area contributed by atoms with Crippen LogP contribution in [-0.4, -0.2) is 41.5 Å². The van der Waals surface area contributed by atoms with Crippen LogP contribution in [0.4, 0.5) is 0 Å². The van der Waals surface area contributed by atoms with Crippen LogP contribution in [0, 0.1) is 0 Å². The van der Waals surface area contributed by atoms with Gasteiger partial charge in [0.25, 0.3) is 0 Å². The summed E-state index contributed by atoms with van der Waals surface area (Å²) in [4.78, 5) is 14.6. The third-order valence-corrected chi connectivity index (χ3v) is 4.56. The molecule has 0 bridgehead atoms. The second-order valence-electron chi connectivity index (χ2n) is 6.34. The van der Waals surface area contributed by atoms with Gasteiger partial charge in [0.05, 0.1) is 6.54 Å². The highest BCUT2D eigenvalue weighted by molar-refractivity contribution is 5.78. The SMILES string of the molecule is CCCN(CC(=O)NC(C)(C)CC)C(CC)(CC)CN. The molecule has 0 saturated carbocycles. The topological polar surface area (TPSA) is 58.4 Å². The van der Waals surface area contributed by atoms with Crippen LogP contribution in [0.1, 0.15) is 67.2 Å². The lowest BCUT2D eigenvalue weighted by Gasteiger charge is -2.42. The van der Waals surface area contributed by atoms with Crippen LogP contribution in [-0.2, 0) is 4.79 Å². The second-order valence-corrected chi connectivity index (χ2v) is 6.34. The molecule has 3 N–H and O–H groups in total. The van der Waals surface area contributed by atoms with E-state index in [-0.39, 0.29) is 17.0 Å². The summed E-state index contributed by atoms with van der Waals surface area (Å²) in [6.07, 6.45) is 3.91. The Bertz CT molecular complexity index is 277. The van der Waals surface area contributed by atoms with Gasteiger partial charge in [0.2, 0.25) is 5.91 Å². The normalized spacial score (nSPS) is 12.8. The number of rotatable bonds is 10. The van der Waals surface area contributed by atoms with Crippen molar-refractivity contribution in [3.05, 3.63) is 0 Å². The summed E-state index contributed by atoms with van der Waals surface area (Å²) in [5.74, 6) is 0.102. The van der Waals surface area contributed by atoms with Gasteiger partial charge in [0, 0.05) is 17.6 Å². The van der Waals surface area contributed by atoms with E-state index in [1.165, 1.54) is 0 Å². The molecule has 4 heteroatoms. The van der Waals surface area contributed by atoms with Crippen molar-refractivity contribution in [1.29, 1.82) is 0 Å². The van der Waals surface area contributed by atoms with Gasteiger partial charge >= 0.3 is 0 Å². The number of nitrogens with zero attached hydrogens (tertiary/aromatic N) is 1. The number of hydrogen-bond donors (Lipinski definition) is 2. The lowest BCUT2D eigenvalue weighted by atomic mass is 9.90. The first-order valence-corrected chi connectivity index (χ1v) is 8.06. The molecular formula is C16H35N3O. The fourth-order valence-electron chi connectivity index (χ4n) is 2.55. The van der Waals surface area contributed by atoms with Gasteiger partial charge in [-0.05, 0) is 46.1 Å². The molecule has 0 fully saturated rings. The van der Waals surface area contributed by atoms with E-state index in [2.05, 4.69) is 51.8 Å². The van der Waals surface area contributed by atoms with Crippen LogP contribution < -0.4 is 11.1 Å². The highest BCUT2D eigenvalue weighted by atomic mass is 16.2. The molecule has 0 aliphatic heterocycles. The Labute approximate surface area is 125 Å². The third-order valence-electron chi connectivity index (χ3n) is 4.56. The molecule has 0 aromatic carbocycles. The van der Waals surface area contributed by atoms with Gasteiger partial charge in [-0.1, -0.05) is 27.7 Å². The minimum absolute atomic E-state index is 0.0519. The van der Waals surface area contributed by atoms with Crippen LogP contribution in [0.5, 0.6) is 0 Å². The molecule has 0 heterocycles. The van der Waals surface area contributed by atoms with Gasteiger partial charge < -0.3 is 11.1 Å². The Morgan fingerprint density at radius 1 is 1.10 bits per heavy atom. The molecule has 0 spiro atoms. The number of carbonyl (C=O) groups excluding carboxylic acids is 1. The van der Waals surface area contributed by atoms with E-state index in [4.69, 9.17) is 5.73 Å². The van der Waals surface area contributed by atoms with Gasteiger partial charge in [-0.25, -0.2) is 0 Å². The van der Waals surface area contributed by atoms with Gasteiger partial charge in [-0.15, -0.1) is 0 Å². The number of hydrogen-bond acceptors (Lipinski definition) is 3. The number of nitrogens with two attached hydrogens (primary N) is 1. The first-order valence-electron chi connectivity index (χ1n) is 8.06. The maximum Gasteiger partial charge on any atom is 0.234 e. The van der Waals surface area contributed by atoms with Crippen molar-refractivity contribution in [2.45, 2.75) is 78.3 Å². The number of carbonyl (C=O) groups is 1. The van der Waals surface area contributed by atoms with E-state index in [1.807, 2.05) is 0 Å². The summed E-state index contributed by atoms with van der Waals surface area (Å²) in [7, 11) is 0. The van der Waals surface area contributed by atoms with E-state index in [1.54, 1.807) is 0 Å². The average molecular weight is 285 g/mol. The number of amides is 1. The Morgan fingerprint density at radius 2 is 1.65 bits per heavy atom. The van der Waals surface area contributed by atoms with Crippen LogP contribution in [0.3, 0.4) is 0 Å². The zero-order chi connectivity index (χ0) is 15.8. The molecule has 0 aromatic heterocycles. The van der Waals surface area contributed by atoms with E-state index in [0.29, 0.717) is 13.1 Å². The van der Waals surface area contributed by atoms with Crippen molar-refractivity contribution in [2.75, 3.05) is 19.6 Å². The van der Waals surface area contributed by atoms with Gasteiger partial charge in [-0.2, -0.15) is 0 Å². The summed E-state index contributed by atoms with van der Waals surface area (Å²) in [6, 6.07) is 0. The maximum atomic E-state index is 12.3. The smallest absolute Gasteiger partial charge is 0.234 e. The quantitative estimate of drug-likeness (QED) is 0.648. The Hall–Kier alpha value is -0.610. The fraction of sp³-hybridized carbons (Fsp3) is 0.938. The molecule has 4 nitrogen and oxygen atoms in total. The standard InChI is InChI=1S/C16H35N3O/c1-7-11-19(16(9-3,10-4)13-17)12-14(20)18-15(5,6)8-2/h7-13,17H2,1-6H3,(H,18,20).